The van der Waals surface area contributed by atoms with E-state index in [0.29, 0.717) is 5.75 Å². The van der Waals surface area contributed by atoms with Crippen LogP contribution in [0.5, 0.6) is 11.5 Å². The lowest BCUT2D eigenvalue weighted by Crippen LogP contribution is -2.21. The van der Waals surface area contributed by atoms with Crippen LogP contribution in [0.4, 0.5) is 8.78 Å². The average Bonchev–Trinajstić information content (AvgIpc) is 2.71. The molecule has 0 saturated heterocycles. The minimum atomic E-state index is -2.58. The highest BCUT2D eigenvalue weighted by Gasteiger charge is 2.20. The van der Waals surface area contributed by atoms with Gasteiger partial charge in [0.1, 0.15) is 5.69 Å². The molecule has 162 valence electrons. The van der Waals surface area contributed by atoms with Crippen LogP contribution < -0.4 is 15.0 Å². The summed E-state index contributed by atoms with van der Waals surface area (Å²) in [5.74, 6) is -1.85. The molecule has 1 atom stereocenters. The van der Waals surface area contributed by atoms with Gasteiger partial charge in [0.2, 0.25) is 0 Å². The fourth-order valence-electron chi connectivity index (χ4n) is 2.88. The number of ether oxygens (including phenoxy) is 2. The second kappa shape index (κ2) is 9.47. The summed E-state index contributed by atoms with van der Waals surface area (Å²) < 4.78 is 62.4. The molecular formula is C18H17ClF2N3O5S-. The summed E-state index contributed by atoms with van der Waals surface area (Å²) in [5.41, 5.74) is -0.900. The molecule has 0 saturated carbocycles. The van der Waals surface area contributed by atoms with E-state index in [1.807, 2.05) is 0 Å². The van der Waals surface area contributed by atoms with Crippen LogP contribution >= 0.6 is 12.4 Å². The first kappa shape index (κ1) is 23.7. The van der Waals surface area contributed by atoms with Gasteiger partial charge in [0.05, 0.1) is 19.6 Å². The van der Waals surface area contributed by atoms with Crippen molar-refractivity contribution in [3.05, 3.63) is 51.8 Å². The maximum absolute atomic E-state index is 14.8. The smallest absolute Gasteiger partial charge is 0.272 e. The first-order chi connectivity index (χ1) is 13.8. The number of methoxy groups -OCH3 is 2. The third kappa shape index (κ3) is 4.29. The molecule has 0 amide bonds. The lowest BCUT2D eigenvalue weighted by atomic mass is 10.0. The van der Waals surface area contributed by atoms with Crippen LogP contribution in [0.3, 0.4) is 0 Å². The molecule has 8 nitrogen and oxygen atoms in total. The Balaban J connectivity index is 0.00000320. The van der Waals surface area contributed by atoms with Gasteiger partial charge in [0.25, 0.3) is 5.56 Å². The average molecular weight is 461 g/mol. The van der Waals surface area contributed by atoms with Crippen molar-refractivity contribution in [2.24, 2.45) is 0 Å². The van der Waals surface area contributed by atoms with Gasteiger partial charge < -0.3 is 14.0 Å². The van der Waals surface area contributed by atoms with Crippen molar-refractivity contribution in [3.63, 3.8) is 0 Å². The van der Waals surface area contributed by atoms with Gasteiger partial charge in [-0.1, -0.05) is 6.07 Å². The fraction of sp³-hybridized carbons (Fsp3) is 0.222. The lowest BCUT2D eigenvalue weighted by molar-refractivity contribution is 0.356. The van der Waals surface area contributed by atoms with Crippen LogP contribution in [-0.2, 0) is 17.8 Å². The third-order valence-corrected chi connectivity index (χ3v) is 5.00. The summed E-state index contributed by atoms with van der Waals surface area (Å²) in [6.07, 6.45) is 0. The summed E-state index contributed by atoms with van der Waals surface area (Å²) >= 11 is -2.58. The Bertz CT molecular complexity index is 1170. The summed E-state index contributed by atoms with van der Waals surface area (Å²) in [5, 5.41) is 6.52. The molecule has 0 radical (unpaired) electrons. The predicted octanol–water partition coefficient (Wildman–Crippen LogP) is 2.53. The molecule has 30 heavy (non-hydrogen) atoms. The number of nitrogens with one attached hydrogen (secondary N) is 1. The number of hydrogen-bond acceptors (Lipinski definition) is 6. The van der Waals surface area contributed by atoms with Crippen molar-refractivity contribution >= 4 is 34.4 Å². The minimum absolute atomic E-state index is 0. The van der Waals surface area contributed by atoms with E-state index >= 15 is 0 Å². The van der Waals surface area contributed by atoms with Gasteiger partial charge in [0.15, 0.2) is 23.1 Å². The summed E-state index contributed by atoms with van der Waals surface area (Å²) in [6.45, 7) is -0.343. The Morgan fingerprint density at radius 3 is 2.30 bits per heavy atom. The Morgan fingerprint density at radius 2 is 1.73 bits per heavy atom. The largest absolute Gasteiger partial charge is 0.760 e. The van der Waals surface area contributed by atoms with Crippen LogP contribution in [0.2, 0.25) is 0 Å². The Labute approximate surface area is 178 Å². The molecule has 1 N–H and O–H groups in total. The zero-order valence-electron chi connectivity index (χ0n) is 16.0. The highest BCUT2D eigenvalue weighted by atomic mass is 35.5. The highest BCUT2D eigenvalue weighted by Crippen LogP contribution is 2.36. The number of benzene rings is 2. The van der Waals surface area contributed by atoms with Crippen molar-refractivity contribution < 1.29 is 27.0 Å². The molecule has 3 aromatic rings. The van der Waals surface area contributed by atoms with Gasteiger partial charge in [0, 0.05) is 34.3 Å². The summed E-state index contributed by atoms with van der Waals surface area (Å²) in [6, 6.07) is 5.40. The number of hydrogen-bond donors (Lipinski definition) is 1. The number of nitrogens with zero attached hydrogens (tertiary/aromatic N) is 2. The number of H-pyrrole nitrogens is 1. The number of rotatable bonds is 6. The second-order valence-electron chi connectivity index (χ2n) is 6.06. The molecule has 3 rings (SSSR count). The van der Waals surface area contributed by atoms with Crippen molar-refractivity contribution in [1.29, 1.82) is 0 Å². The molecular weight excluding hydrogens is 444 g/mol. The number of fused-ring (bicyclic) bond motifs is 1. The molecule has 0 fully saturated rings. The number of halogens is 3. The van der Waals surface area contributed by atoms with E-state index in [1.54, 1.807) is 0 Å². The van der Waals surface area contributed by atoms with E-state index in [1.165, 1.54) is 45.5 Å². The first-order valence-electron chi connectivity index (χ1n) is 8.20. The van der Waals surface area contributed by atoms with Crippen molar-refractivity contribution in [2.75, 3.05) is 21.3 Å². The van der Waals surface area contributed by atoms with Crippen molar-refractivity contribution in [2.45, 2.75) is 6.54 Å². The topological polar surface area (TPSA) is 108 Å². The molecule has 1 unspecified atom stereocenters. The predicted molar refractivity (Wildman–Crippen MR) is 108 cm³/mol. The summed E-state index contributed by atoms with van der Waals surface area (Å²) in [7, 11) is 4.03. The fourth-order valence-corrected chi connectivity index (χ4v) is 3.13. The molecule has 0 aliphatic rings. The molecule has 0 bridgehead atoms. The van der Waals surface area contributed by atoms with E-state index in [-0.39, 0.29) is 52.3 Å². The second-order valence-corrected chi connectivity index (χ2v) is 7.12. The molecule has 0 aliphatic heterocycles. The normalized spacial score (nSPS) is 12.0. The Kier molecular flexibility index (Phi) is 7.48. The van der Waals surface area contributed by atoms with E-state index in [9.17, 15) is 22.3 Å². The Morgan fingerprint density at radius 1 is 1.13 bits per heavy atom. The minimum Gasteiger partial charge on any atom is -0.760 e. The van der Waals surface area contributed by atoms with Crippen LogP contribution in [-0.4, -0.2) is 44.5 Å². The molecule has 2 aromatic carbocycles. The van der Waals surface area contributed by atoms with Crippen LogP contribution in [0.15, 0.2) is 29.1 Å². The first-order valence-corrected chi connectivity index (χ1v) is 9.23. The van der Waals surface area contributed by atoms with Crippen LogP contribution in [0.1, 0.15) is 5.56 Å². The van der Waals surface area contributed by atoms with Gasteiger partial charge in [-0.25, -0.2) is 18.2 Å². The zero-order chi connectivity index (χ0) is 21.3. The number of aromatic nitrogens is 2. The molecule has 1 aromatic heterocycles. The van der Waals surface area contributed by atoms with Crippen LogP contribution in [0.25, 0.3) is 22.0 Å². The van der Waals surface area contributed by atoms with Gasteiger partial charge in [-0.2, -0.15) is 5.10 Å². The van der Waals surface area contributed by atoms with Crippen molar-refractivity contribution in [1.82, 2.24) is 14.5 Å². The number of aromatic amines is 1. The van der Waals surface area contributed by atoms with Gasteiger partial charge >= 0.3 is 0 Å². The third-order valence-electron chi connectivity index (χ3n) is 4.36. The zero-order valence-corrected chi connectivity index (χ0v) is 17.7. The van der Waals surface area contributed by atoms with Crippen LogP contribution in [0, 0.1) is 11.6 Å². The van der Waals surface area contributed by atoms with Gasteiger partial charge in [-0.15, -0.1) is 12.4 Å². The molecule has 0 spiro atoms. The van der Waals surface area contributed by atoms with E-state index in [2.05, 4.69) is 10.2 Å². The molecule has 12 heteroatoms. The Hall–Kier alpha value is -2.60. The standard InChI is InChI=1S/C18H17F2N3O5S.ClH/c1-23(29(25)26)8-9-4-5-10(16(20)15(9)19)17-11-6-13(27-2)14(28-3)7-12(11)18(24)22-21-17;/h4-7H,8H2,1-3H3,(H,22,24)(H,25,26);1H/p-1. The summed E-state index contributed by atoms with van der Waals surface area (Å²) in [4.78, 5) is 12.2. The molecule has 1 heterocycles. The van der Waals surface area contributed by atoms with E-state index < -0.39 is 28.5 Å². The van der Waals surface area contributed by atoms with E-state index in [4.69, 9.17) is 9.47 Å². The van der Waals surface area contributed by atoms with E-state index in [0.717, 1.165) is 4.31 Å². The van der Waals surface area contributed by atoms with Gasteiger partial charge in [-0.05, 0) is 25.2 Å². The SMILES string of the molecule is COc1cc2c(-c3ccc(CN(C)S(=O)[O-])c(F)c3F)n[nH]c(=O)c2cc1OC.Cl. The molecule has 0 aliphatic carbocycles. The maximum atomic E-state index is 14.8. The van der Waals surface area contributed by atoms with Gasteiger partial charge in [-0.3, -0.25) is 9.00 Å². The van der Waals surface area contributed by atoms with Crippen molar-refractivity contribution in [3.8, 4) is 22.8 Å². The maximum Gasteiger partial charge on any atom is 0.272 e. The quantitative estimate of drug-likeness (QED) is 0.566. The highest BCUT2D eigenvalue weighted by molar-refractivity contribution is 7.76. The monoisotopic (exact) mass is 460 g/mol. The lowest BCUT2D eigenvalue weighted by Gasteiger charge is -2.19.